The highest BCUT2D eigenvalue weighted by molar-refractivity contribution is 5.90. The zero-order valence-corrected chi connectivity index (χ0v) is 12.6. The SMILES string of the molecule is COC(=O)c1cc(COc2ccc3ccc(=O)oc3c2)oc1C. The Morgan fingerprint density at radius 2 is 1.91 bits per heavy atom. The van der Waals surface area contributed by atoms with E-state index in [-0.39, 0.29) is 6.61 Å². The Hall–Kier alpha value is -3.02. The molecule has 0 fully saturated rings. The van der Waals surface area contributed by atoms with E-state index in [1.54, 1.807) is 37.3 Å². The molecule has 0 aliphatic rings. The summed E-state index contributed by atoms with van der Waals surface area (Å²) in [6.45, 7) is 1.82. The number of hydrogen-bond acceptors (Lipinski definition) is 6. The predicted molar refractivity (Wildman–Crippen MR) is 81.6 cm³/mol. The Kier molecular flexibility index (Phi) is 3.89. The molecule has 0 radical (unpaired) electrons. The van der Waals surface area contributed by atoms with Crippen molar-refractivity contribution in [2.75, 3.05) is 7.11 Å². The van der Waals surface area contributed by atoms with E-state index in [1.165, 1.54) is 13.2 Å². The van der Waals surface area contributed by atoms with Gasteiger partial charge < -0.3 is 18.3 Å². The molecule has 0 aliphatic carbocycles. The van der Waals surface area contributed by atoms with E-state index in [1.807, 2.05) is 0 Å². The van der Waals surface area contributed by atoms with Gasteiger partial charge >= 0.3 is 11.6 Å². The Morgan fingerprint density at radius 3 is 2.70 bits per heavy atom. The molecule has 6 nitrogen and oxygen atoms in total. The molecule has 3 aromatic rings. The first-order valence-electron chi connectivity index (χ1n) is 6.91. The van der Waals surface area contributed by atoms with Crippen molar-refractivity contribution in [2.24, 2.45) is 0 Å². The van der Waals surface area contributed by atoms with E-state index in [0.29, 0.717) is 28.4 Å². The summed E-state index contributed by atoms with van der Waals surface area (Å²) in [5.41, 5.74) is 0.399. The van der Waals surface area contributed by atoms with Gasteiger partial charge in [-0.3, -0.25) is 0 Å². The first kappa shape index (κ1) is 14.9. The molecule has 1 aromatic carbocycles. The van der Waals surface area contributed by atoms with Crippen LogP contribution in [0.2, 0.25) is 0 Å². The molecule has 2 aromatic heterocycles. The Bertz CT molecular complexity index is 918. The van der Waals surface area contributed by atoms with Crippen LogP contribution in [0.25, 0.3) is 11.0 Å². The normalized spacial score (nSPS) is 10.7. The van der Waals surface area contributed by atoms with Crippen LogP contribution >= 0.6 is 0 Å². The third kappa shape index (κ3) is 3.11. The van der Waals surface area contributed by atoms with E-state index in [9.17, 15) is 9.59 Å². The molecule has 118 valence electrons. The van der Waals surface area contributed by atoms with Gasteiger partial charge in [0, 0.05) is 17.5 Å². The van der Waals surface area contributed by atoms with Gasteiger partial charge in [-0.2, -0.15) is 0 Å². The summed E-state index contributed by atoms with van der Waals surface area (Å²) in [6, 6.07) is 9.82. The molecular weight excluding hydrogens is 300 g/mol. The minimum Gasteiger partial charge on any atom is -0.486 e. The number of carbonyl (C=O) groups excluding carboxylic acids is 1. The summed E-state index contributed by atoms with van der Waals surface area (Å²) < 4.78 is 20.9. The minimum absolute atomic E-state index is 0.139. The lowest BCUT2D eigenvalue weighted by Crippen LogP contribution is -2.00. The highest BCUT2D eigenvalue weighted by atomic mass is 16.5. The van der Waals surface area contributed by atoms with Gasteiger partial charge in [0.2, 0.25) is 0 Å². The molecule has 0 unspecified atom stereocenters. The number of methoxy groups -OCH3 is 1. The third-order valence-corrected chi connectivity index (χ3v) is 3.35. The van der Waals surface area contributed by atoms with E-state index >= 15 is 0 Å². The lowest BCUT2D eigenvalue weighted by Gasteiger charge is -2.04. The number of rotatable bonds is 4. The quantitative estimate of drug-likeness (QED) is 0.544. The first-order valence-corrected chi connectivity index (χ1v) is 6.91. The maximum Gasteiger partial charge on any atom is 0.341 e. The minimum atomic E-state index is -0.454. The lowest BCUT2D eigenvalue weighted by atomic mass is 10.2. The number of carbonyl (C=O) groups is 1. The van der Waals surface area contributed by atoms with E-state index in [4.69, 9.17) is 13.6 Å². The number of fused-ring (bicyclic) bond motifs is 1. The van der Waals surface area contributed by atoms with Crippen LogP contribution in [0.15, 0.2) is 50.0 Å². The van der Waals surface area contributed by atoms with Gasteiger partial charge in [0.1, 0.15) is 35.0 Å². The van der Waals surface area contributed by atoms with Crippen molar-refractivity contribution in [3.05, 3.63) is 63.9 Å². The van der Waals surface area contributed by atoms with Gasteiger partial charge in [0.25, 0.3) is 0 Å². The van der Waals surface area contributed by atoms with Crippen molar-refractivity contribution in [3.63, 3.8) is 0 Å². The van der Waals surface area contributed by atoms with E-state index in [2.05, 4.69) is 4.74 Å². The maximum atomic E-state index is 11.5. The Labute approximate surface area is 131 Å². The number of furan rings is 1. The van der Waals surface area contributed by atoms with E-state index in [0.717, 1.165) is 5.39 Å². The molecule has 0 saturated carbocycles. The molecular formula is C17H14O6. The van der Waals surface area contributed by atoms with Crippen LogP contribution in [0.1, 0.15) is 21.9 Å². The Balaban J connectivity index is 1.78. The number of esters is 1. The van der Waals surface area contributed by atoms with Crippen LogP contribution in [0.5, 0.6) is 5.75 Å². The van der Waals surface area contributed by atoms with Crippen LogP contribution in [-0.2, 0) is 11.3 Å². The summed E-state index contributed by atoms with van der Waals surface area (Å²) >= 11 is 0. The summed E-state index contributed by atoms with van der Waals surface area (Å²) in [6.07, 6.45) is 0. The standard InChI is InChI=1S/C17H14O6/c1-10-14(17(19)20-2)7-13(22-10)9-21-12-5-3-11-4-6-16(18)23-15(11)8-12/h3-8H,9H2,1-2H3. The highest BCUT2D eigenvalue weighted by Gasteiger charge is 2.15. The fourth-order valence-corrected chi connectivity index (χ4v) is 2.21. The molecule has 23 heavy (non-hydrogen) atoms. The molecule has 2 heterocycles. The number of benzene rings is 1. The van der Waals surface area contributed by atoms with Crippen molar-refractivity contribution in [2.45, 2.75) is 13.5 Å². The monoisotopic (exact) mass is 314 g/mol. The number of aryl methyl sites for hydroxylation is 1. The molecule has 0 spiro atoms. The molecule has 0 N–H and O–H groups in total. The lowest BCUT2D eigenvalue weighted by molar-refractivity contribution is 0.0599. The average molecular weight is 314 g/mol. The molecule has 3 rings (SSSR count). The molecule has 0 amide bonds. The number of ether oxygens (including phenoxy) is 2. The highest BCUT2D eigenvalue weighted by Crippen LogP contribution is 2.22. The fourth-order valence-electron chi connectivity index (χ4n) is 2.21. The summed E-state index contributed by atoms with van der Waals surface area (Å²) in [7, 11) is 1.31. The fraction of sp³-hybridized carbons (Fsp3) is 0.176. The van der Waals surface area contributed by atoms with Crippen molar-refractivity contribution in [1.82, 2.24) is 0 Å². The third-order valence-electron chi connectivity index (χ3n) is 3.35. The summed E-state index contributed by atoms with van der Waals surface area (Å²) in [5, 5.41) is 0.804. The van der Waals surface area contributed by atoms with Gasteiger partial charge in [0.15, 0.2) is 0 Å². The van der Waals surface area contributed by atoms with Crippen LogP contribution in [0.3, 0.4) is 0 Å². The van der Waals surface area contributed by atoms with Gasteiger partial charge in [0.05, 0.1) is 7.11 Å². The van der Waals surface area contributed by atoms with Crippen molar-refractivity contribution in [3.8, 4) is 5.75 Å². The van der Waals surface area contributed by atoms with E-state index < -0.39 is 11.6 Å². The average Bonchev–Trinajstić information content (AvgIpc) is 2.92. The van der Waals surface area contributed by atoms with Gasteiger partial charge in [-0.15, -0.1) is 0 Å². The molecule has 6 heteroatoms. The van der Waals surface area contributed by atoms with Crippen LogP contribution in [-0.4, -0.2) is 13.1 Å². The zero-order chi connectivity index (χ0) is 16.4. The Morgan fingerprint density at radius 1 is 1.13 bits per heavy atom. The number of hydrogen-bond donors (Lipinski definition) is 0. The molecule has 0 atom stereocenters. The first-order chi connectivity index (χ1) is 11.1. The topological polar surface area (TPSA) is 78.9 Å². The second kappa shape index (κ2) is 6.00. The second-order valence-corrected chi connectivity index (χ2v) is 4.92. The van der Waals surface area contributed by atoms with Gasteiger partial charge in [-0.1, -0.05) is 0 Å². The predicted octanol–water partition coefficient (Wildman–Crippen LogP) is 3.06. The van der Waals surface area contributed by atoms with Crippen LogP contribution in [0.4, 0.5) is 0 Å². The molecule has 0 saturated heterocycles. The molecule has 0 aliphatic heterocycles. The van der Waals surface area contributed by atoms with Crippen molar-refractivity contribution >= 4 is 16.9 Å². The van der Waals surface area contributed by atoms with Crippen molar-refractivity contribution < 1.29 is 23.1 Å². The van der Waals surface area contributed by atoms with Crippen molar-refractivity contribution in [1.29, 1.82) is 0 Å². The molecule has 0 bridgehead atoms. The maximum absolute atomic E-state index is 11.5. The smallest absolute Gasteiger partial charge is 0.341 e. The summed E-state index contributed by atoms with van der Waals surface area (Å²) in [4.78, 5) is 22.8. The second-order valence-electron chi connectivity index (χ2n) is 4.92. The zero-order valence-electron chi connectivity index (χ0n) is 12.6. The van der Waals surface area contributed by atoms with Crippen LogP contribution in [0, 0.1) is 6.92 Å². The van der Waals surface area contributed by atoms with Crippen LogP contribution < -0.4 is 10.4 Å². The van der Waals surface area contributed by atoms with Gasteiger partial charge in [-0.25, -0.2) is 9.59 Å². The summed E-state index contributed by atoms with van der Waals surface area (Å²) in [5.74, 6) is 1.04. The van der Waals surface area contributed by atoms with Gasteiger partial charge in [-0.05, 0) is 31.2 Å². The largest absolute Gasteiger partial charge is 0.486 e.